The van der Waals surface area contributed by atoms with Crippen LogP contribution >= 0.6 is 0 Å². The molecule has 0 amide bonds. The Hall–Kier alpha value is -1.66. The first-order valence-corrected chi connectivity index (χ1v) is 6.18. The summed E-state index contributed by atoms with van der Waals surface area (Å²) in [6.07, 6.45) is 0. The lowest BCUT2D eigenvalue weighted by Crippen LogP contribution is -2.25. The highest BCUT2D eigenvalue weighted by atomic mass is 16.5. The van der Waals surface area contributed by atoms with Gasteiger partial charge in [-0.25, -0.2) is 9.78 Å². The van der Waals surface area contributed by atoms with Crippen LogP contribution in [0.2, 0.25) is 0 Å². The van der Waals surface area contributed by atoms with Crippen LogP contribution in [0.25, 0.3) is 0 Å². The van der Waals surface area contributed by atoms with E-state index in [1.165, 1.54) is 7.11 Å². The Morgan fingerprint density at radius 2 is 2.05 bits per heavy atom. The fourth-order valence-electron chi connectivity index (χ4n) is 1.56. The second-order valence-corrected chi connectivity index (χ2v) is 3.99. The summed E-state index contributed by atoms with van der Waals surface area (Å²) in [5, 5.41) is 6.40. The second kappa shape index (κ2) is 8.44. The van der Waals surface area contributed by atoms with E-state index >= 15 is 0 Å². The van der Waals surface area contributed by atoms with E-state index < -0.39 is 0 Å². The van der Waals surface area contributed by atoms with Crippen molar-refractivity contribution in [2.75, 3.05) is 45.8 Å². The van der Waals surface area contributed by atoms with Crippen LogP contribution in [0.4, 0.5) is 5.82 Å². The number of esters is 1. The monoisotopic (exact) mass is 267 g/mol. The zero-order valence-corrected chi connectivity index (χ0v) is 11.7. The minimum atomic E-state index is -0.363. The zero-order chi connectivity index (χ0) is 14.1. The summed E-state index contributed by atoms with van der Waals surface area (Å²) >= 11 is 0. The lowest BCUT2D eigenvalue weighted by molar-refractivity contribution is 0.0599. The molecule has 0 aliphatic carbocycles. The number of aryl methyl sites for hydroxylation is 1. The number of nitrogens with zero attached hydrogens (tertiary/aromatic N) is 1. The smallest absolute Gasteiger partial charge is 0.339 e. The van der Waals surface area contributed by atoms with Gasteiger partial charge in [0.25, 0.3) is 0 Å². The van der Waals surface area contributed by atoms with E-state index in [4.69, 9.17) is 4.74 Å². The highest BCUT2D eigenvalue weighted by molar-refractivity contribution is 5.90. The fourth-order valence-corrected chi connectivity index (χ4v) is 1.56. The van der Waals surface area contributed by atoms with E-state index in [0.717, 1.165) is 25.5 Å². The molecular formula is C13H21N3O3. The average molecular weight is 267 g/mol. The van der Waals surface area contributed by atoms with Crippen molar-refractivity contribution in [2.24, 2.45) is 0 Å². The number of carbonyl (C=O) groups excluding carboxylic acids is 1. The number of methoxy groups -OCH3 is 2. The summed E-state index contributed by atoms with van der Waals surface area (Å²) < 4.78 is 9.60. The number of anilines is 1. The van der Waals surface area contributed by atoms with Crippen LogP contribution in [0, 0.1) is 6.92 Å². The van der Waals surface area contributed by atoms with Crippen LogP contribution in [0.1, 0.15) is 16.1 Å². The molecule has 0 aliphatic heterocycles. The van der Waals surface area contributed by atoms with Crippen molar-refractivity contribution in [1.82, 2.24) is 10.3 Å². The highest BCUT2D eigenvalue weighted by Crippen LogP contribution is 2.11. The Balaban J connectivity index is 2.39. The maximum absolute atomic E-state index is 11.4. The fraction of sp³-hybridized carbons (Fsp3) is 0.538. The molecule has 1 aromatic rings. The summed E-state index contributed by atoms with van der Waals surface area (Å²) in [4.78, 5) is 15.7. The lowest BCUT2D eigenvalue weighted by atomic mass is 10.2. The molecule has 0 unspecified atom stereocenters. The van der Waals surface area contributed by atoms with Crippen LogP contribution in [0.3, 0.4) is 0 Å². The van der Waals surface area contributed by atoms with Crippen LogP contribution < -0.4 is 10.6 Å². The number of rotatable bonds is 8. The van der Waals surface area contributed by atoms with Crippen molar-refractivity contribution in [1.29, 1.82) is 0 Å². The van der Waals surface area contributed by atoms with Gasteiger partial charge in [-0.05, 0) is 19.1 Å². The third-order valence-electron chi connectivity index (χ3n) is 2.58. The predicted octanol–water partition coefficient (Wildman–Crippen LogP) is 0.825. The molecule has 6 nitrogen and oxygen atoms in total. The molecule has 1 rings (SSSR count). The molecule has 2 N–H and O–H groups in total. The van der Waals surface area contributed by atoms with Gasteiger partial charge in [-0.2, -0.15) is 0 Å². The molecule has 106 valence electrons. The molecule has 0 bridgehead atoms. The molecule has 0 fully saturated rings. The Labute approximate surface area is 113 Å². The van der Waals surface area contributed by atoms with Crippen molar-refractivity contribution in [3.8, 4) is 0 Å². The van der Waals surface area contributed by atoms with Gasteiger partial charge >= 0.3 is 5.97 Å². The number of carbonyl (C=O) groups is 1. The van der Waals surface area contributed by atoms with Gasteiger partial charge in [0.05, 0.1) is 25.0 Å². The standard InChI is InChI=1S/C13H21N3O3/c1-10-11(13(17)19-3)4-5-12(16-10)15-7-6-14-8-9-18-2/h4-5,14H,6-9H2,1-3H3,(H,15,16). The molecular weight excluding hydrogens is 246 g/mol. The largest absolute Gasteiger partial charge is 0.465 e. The molecule has 1 heterocycles. The Bertz CT molecular complexity index is 410. The van der Waals surface area contributed by atoms with Gasteiger partial charge in [-0.3, -0.25) is 0 Å². The van der Waals surface area contributed by atoms with Crippen molar-refractivity contribution in [3.05, 3.63) is 23.4 Å². The first-order chi connectivity index (χ1) is 9.19. The van der Waals surface area contributed by atoms with Crippen LogP contribution in [0.5, 0.6) is 0 Å². The maximum Gasteiger partial charge on any atom is 0.339 e. The zero-order valence-electron chi connectivity index (χ0n) is 11.7. The number of hydrogen-bond donors (Lipinski definition) is 2. The van der Waals surface area contributed by atoms with E-state index in [-0.39, 0.29) is 5.97 Å². The number of hydrogen-bond acceptors (Lipinski definition) is 6. The van der Waals surface area contributed by atoms with Crippen LogP contribution in [-0.4, -0.2) is 51.4 Å². The van der Waals surface area contributed by atoms with Gasteiger partial charge in [-0.15, -0.1) is 0 Å². The normalized spacial score (nSPS) is 10.3. The minimum Gasteiger partial charge on any atom is -0.465 e. The van der Waals surface area contributed by atoms with Gasteiger partial charge in [0, 0.05) is 26.7 Å². The molecule has 0 saturated heterocycles. The molecule has 0 atom stereocenters. The van der Waals surface area contributed by atoms with Gasteiger partial charge in [-0.1, -0.05) is 0 Å². The highest BCUT2D eigenvalue weighted by Gasteiger charge is 2.10. The molecule has 6 heteroatoms. The van der Waals surface area contributed by atoms with Crippen molar-refractivity contribution < 1.29 is 14.3 Å². The van der Waals surface area contributed by atoms with Gasteiger partial charge in [0.15, 0.2) is 0 Å². The van der Waals surface area contributed by atoms with Crippen molar-refractivity contribution in [3.63, 3.8) is 0 Å². The molecule has 0 spiro atoms. The SMILES string of the molecule is COCCNCCNc1ccc(C(=O)OC)c(C)n1. The Morgan fingerprint density at radius 3 is 2.68 bits per heavy atom. The number of ether oxygens (including phenoxy) is 2. The maximum atomic E-state index is 11.4. The quantitative estimate of drug-likeness (QED) is 0.537. The van der Waals surface area contributed by atoms with Gasteiger partial charge in [0.1, 0.15) is 5.82 Å². The summed E-state index contributed by atoms with van der Waals surface area (Å²) in [6.45, 7) is 4.89. The van der Waals surface area contributed by atoms with Gasteiger partial charge < -0.3 is 20.1 Å². The van der Waals surface area contributed by atoms with Crippen molar-refractivity contribution >= 4 is 11.8 Å². The topological polar surface area (TPSA) is 72.5 Å². The molecule has 0 aliphatic rings. The first-order valence-electron chi connectivity index (χ1n) is 6.18. The molecule has 0 radical (unpaired) electrons. The van der Waals surface area contributed by atoms with Crippen LogP contribution in [0.15, 0.2) is 12.1 Å². The second-order valence-electron chi connectivity index (χ2n) is 3.99. The first kappa shape index (κ1) is 15.4. The summed E-state index contributed by atoms with van der Waals surface area (Å²) in [6, 6.07) is 3.49. The van der Waals surface area contributed by atoms with Gasteiger partial charge in [0.2, 0.25) is 0 Å². The lowest BCUT2D eigenvalue weighted by Gasteiger charge is -2.09. The van der Waals surface area contributed by atoms with E-state index in [1.54, 1.807) is 26.2 Å². The summed E-state index contributed by atoms with van der Waals surface area (Å²) in [5.74, 6) is 0.386. The Morgan fingerprint density at radius 1 is 1.26 bits per heavy atom. The molecule has 19 heavy (non-hydrogen) atoms. The minimum absolute atomic E-state index is 0.363. The number of aromatic nitrogens is 1. The predicted molar refractivity (Wildman–Crippen MR) is 73.5 cm³/mol. The Kier molecular flexibility index (Phi) is 6.84. The number of nitrogens with one attached hydrogen (secondary N) is 2. The third kappa shape index (κ3) is 5.23. The molecule has 0 saturated carbocycles. The van der Waals surface area contributed by atoms with Crippen LogP contribution in [-0.2, 0) is 9.47 Å². The van der Waals surface area contributed by atoms with E-state index in [1.807, 2.05) is 0 Å². The van der Waals surface area contributed by atoms with E-state index in [2.05, 4.69) is 20.4 Å². The molecule has 1 aromatic heterocycles. The van der Waals surface area contributed by atoms with E-state index in [9.17, 15) is 4.79 Å². The molecule has 0 aromatic carbocycles. The average Bonchev–Trinajstić information content (AvgIpc) is 2.42. The van der Waals surface area contributed by atoms with E-state index in [0.29, 0.717) is 17.9 Å². The third-order valence-corrected chi connectivity index (χ3v) is 2.58. The van der Waals surface area contributed by atoms with Crippen molar-refractivity contribution in [2.45, 2.75) is 6.92 Å². The summed E-state index contributed by atoms with van der Waals surface area (Å²) in [5.41, 5.74) is 1.15. The number of pyridine rings is 1. The summed E-state index contributed by atoms with van der Waals surface area (Å²) in [7, 11) is 3.04.